The van der Waals surface area contributed by atoms with Crippen LogP contribution in [0.4, 0.5) is 0 Å². The third-order valence-electron chi connectivity index (χ3n) is 3.71. The molecular formula is C13H13NO3. The molecule has 0 saturated carbocycles. The fraction of sp³-hybridized carbons (Fsp3) is 0.462. The molecule has 0 N–H and O–H groups in total. The molecule has 1 aromatic rings. The minimum absolute atomic E-state index is 0.159. The van der Waals surface area contributed by atoms with E-state index in [0.29, 0.717) is 0 Å². The molecule has 0 spiro atoms. The number of carbonyl (C=O) groups is 1. The van der Waals surface area contributed by atoms with Crippen molar-refractivity contribution in [2.75, 3.05) is 6.61 Å². The number of benzene rings is 1. The highest BCUT2D eigenvalue weighted by atomic mass is 16.5. The maximum Gasteiger partial charge on any atom is 0.286 e. The molecule has 0 aromatic heterocycles. The summed E-state index contributed by atoms with van der Waals surface area (Å²) < 4.78 is 5.53. The molecular weight excluding hydrogens is 218 g/mol. The Morgan fingerprint density at radius 3 is 3.12 bits per heavy atom. The van der Waals surface area contributed by atoms with Crippen molar-refractivity contribution in [3.05, 3.63) is 33.7 Å². The van der Waals surface area contributed by atoms with Gasteiger partial charge in [-0.2, -0.15) is 0 Å². The summed E-state index contributed by atoms with van der Waals surface area (Å²) in [6.07, 6.45) is 3.08. The Balaban J connectivity index is 1.98. The lowest BCUT2D eigenvalue weighted by atomic mass is 9.92. The van der Waals surface area contributed by atoms with Crippen LogP contribution in [0.2, 0.25) is 0 Å². The Labute approximate surface area is 98.9 Å². The molecule has 1 aliphatic heterocycles. The van der Waals surface area contributed by atoms with Crippen LogP contribution in [0.25, 0.3) is 0 Å². The van der Waals surface area contributed by atoms with Gasteiger partial charge >= 0.3 is 0 Å². The molecule has 0 fully saturated rings. The number of carbonyl (C=O) groups excluding carboxylic acids is 1. The number of ether oxygens (including phenoxy) is 1. The van der Waals surface area contributed by atoms with E-state index >= 15 is 0 Å². The molecule has 88 valence electrons. The zero-order valence-electron chi connectivity index (χ0n) is 9.44. The molecule has 1 aliphatic carbocycles. The van der Waals surface area contributed by atoms with Gasteiger partial charge in [-0.05, 0) is 36.0 Å². The first kappa shape index (κ1) is 10.4. The van der Waals surface area contributed by atoms with Crippen LogP contribution >= 0.6 is 0 Å². The molecule has 1 amide bonds. The standard InChI is InChI=1S/C13H13NO3/c15-12(14-16)7-9-2-1-8-3-4-11-10(13(8)9)5-6-17-11/h3-4,9H,1-2,5-7H2. The first-order valence-electron chi connectivity index (χ1n) is 5.93. The molecule has 17 heavy (non-hydrogen) atoms. The van der Waals surface area contributed by atoms with Gasteiger partial charge in [-0.25, -0.2) is 0 Å². The van der Waals surface area contributed by atoms with E-state index in [1.165, 1.54) is 16.7 Å². The molecule has 0 saturated heterocycles. The molecule has 1 heterocycles. The number of nitrogens with zero attached hydrogens (tertiary/aromatic N) is 1. The Kier molecular flexibility index (Phi) is 2.42. The zero-order valence-corrected chi connectivity index (χ0v) is 9.44. The number of amides is 1. The zero-order chi connectivity index (χ0) is 11.8. The van der Waals surface area contributed by atoms with Gasteiger partial charge in [-0.15, -0.1) is 4.91 Å². The van der Waals surface area contributed by atoms with Gasteiger partial charge in [0.15, 0.2) is 0 Å². The highest BCUT2D eigenvalue weighted by Crippen LogP contribution is 2.43. The smallest absolute Gasteiger partial charge is 0.286 e. The summed E-state index contributed by atoms with van der Waals surface area (Å²) in [5.41, 5.74) is 3.79. The summed E-state index contributed by atoms with van der Waals surface area (Å²) in [7, 11) is 0. The van der Waals surface area contributed by atoms with E-state index in [1.54, 1.807) is 0 Å². The monoisotopic (exact) mass is 231 g/mol. The predicted molar refractivity (Wildman–Crippen MR) is 62.1 cm³/mol. The number of hydrogen-bond acceptors (Lipinski definition) is 3. The second kappa shape index (κ2) is 3.95. The van der Waals surface area contributed by atoms with Crippen LogP contribution in [-0.4, -0.2) is 12.5 Å². The van der Waals surface area contributed by atoms with E-state index < -0.39 is 5.91 Å². The average Bonchev–Trinajstić information content (AvgIpc) is 2.94. The maximum absolute atomic E-state index is 11.2. The van der Waals surface area contributed by atoms with Crippen molar-refractivity contribution in [3.8, 4) is 5.75 Å². The van der Waals surface area contributed by atoms with Crippen LogP contribution in [0.15, 0.2) is 17.3 Å². The molecule has 0 bridgehead atoms. The largest absolute Gasteiger partial charge is 0.493 e. The van der Waals surface area contributed by atoms with Gasteiger partial charge in [-0.1, -0.05) is 6.07 Å². The minimum atomic E-state index is -0.542. The van der Waals surface area contributed by atoms with Crippen molar-refractivity contribution in [1.29, 1.82) is 0 Å². The van der Waals surface area contributed by atoms with Crippen LogP contribution in [0, 0.1) is 4.91 Å². The Hall–Kier alpha value is -1.71. The number of nitroso groups, excluding NO2 is 1. The van der Waals surface area contributed by atoms with Gasteiger partial charge < -0.3 is 4.74 Å². The van der Waals surface area contributed by atoms with Crippen molar-refractivity contribution in [1.82, 2.24) is 0 Å². The summed E-state index contributed by atoms with van der Waals surface area (Å²) in [6, 6.07) is 4.10. The highest BCUT2D eigenvalue weighted by Gasteiger charge is 2.30. The Morgan fingerprint density at radius 1 is 1.41 bits per heavy atom. The van der Waals surface area contributed by atoms with Crippen molar-refractivity contribution < 1.29 is 9.53 Å². The lowest BCUT2D eigenvalue weighted by Gasteiger charge is -2.12. The topological polar surface area (TPSA) is 55.7 Å². The van der Waals surface area contributed by atoms with Crippen LogP contribution in [0.1, 0.15) is 35.4 Å². The second-order valence-electron chi connectivity index (χ2n) is 4.64. The fourth-order valence-corrected chi connectivity index (χ4v) is 3.00. The van der Waals surface area contributed by atoms with Gasteiger partial charge in [0.1, 0.15) is 5.75 Å². The Morgan fingerprint density at radius 2 is 2.29 bits per heavy atom. The van der Waals surface area contributed by atoms with Crippen LogP contribution in [0.3, 0.4) is 0 Å². The molecule has 4 nitrogen and oxygen atoms in total. The van der Waals surface area contributed by atoms with E-state index in [0.717, 1.165) is 31.6 Å². The van der Waals surface area contributed by atoms with Crippen molar-refractivity contribution in [3.63, 3.8) is 0 Å². The van der Waals surface area contributed by atoms with E-state index in [4.69, 9.17) is 4.74 Å². The lowest BCUT2D eigenvalue weighted by molar-refractivity contribution is -0.118. The van der Waals surface area contributed by atoms with E-state index in [9.17, 15) is 9.70 Å². The van der Waals surface area contributed by atoms with Crippen molar-refractivity contribution >= 4 is 5.91 Å². The van der Waals surface area contributed by atoms with Gasteiger partial charge in [0.2, 0.25) is 0 Å². The van der Waals surface area contributed by atoms with Gasteiger partial charge in [-0.3, -0.25) is 4.79 Å². The normalized spacial score (nSPS) is 20.6. The summed E-state index contributed by atoms with van der Waals surface area (Å²) in [5, 5.41) is 2.50. The number of rotatable bonds is 2. The van der Waals surface area contributed by atoms with Gasteiger partial charge in [0.05, 0.1) is 6.61 Å². The van der Waals surface area contributed by atoms with Crippen molar-refractivity contribution in [2.24, 2.45) is 5.18 Å². The molecule has 1 atom stereocenters. The minimum Gasteiger partial charge on any atom is -0.493 e. The van der Waals surface area contributed by atoms with E-state index in [-0.39, 0.29) is 12.3 Å². The molecule has 3 rings (SSSR count). The fourth-order valence-electron chi connectivity index (χ4n) is 3.00. The summed E-state index contributed by atoms with van der Waals surface area (Å²) in [6.45, 7) is 0.721. The predicted octanol–water partition coefficient (Wildman–Crippen LogP) is 2.33. The molecule has 0 radical (unpaired) electrons. The quantitative estimate of drug-likeness (QED) is 0.734. The SMILES string of the molecule is O=NC(=O)CC1CCc2ccc3c(c21)CCO3. The maximum atomic E-state index is 11.2. The molecule has 4 heteroatoms. The van der Waals surface area contributed by atoms with Crippen molar-refractivity contribution in [2.45, 2.75) is 31.6 Å². The average molecular weight is 231 g/mol. The van der Waals surface area contributed by atoms with E-state index in [1.807, 2.05) is 6.07 Å². The second-order valence-corrected chi connectivity index (χ2v) is 4.64. The Bertz CT molecular complexity index is 496. The molecule has 1 unspecified atom stereocenters. The van der Waals surface area contributed by atoms with Crippen LogP contribution in [0.5, 0.6) is 5.75 Å². The number of hydrogen-bond donors (Lipinski definition) is 0. The summed E-state index contributed by atoms with van der Waals surface area (Å²) in [4.78, 5) is 21.4. The summed E-state index contributed by atoms with van der Waals surface area (Å²) in [5.74, 6) is 0.563. The van der Waals surface area contributed by atoms with E-state index in [2.05, 4.69) is 11.2 Å². The highest BCUT2D eigenvalue weighted by molar-refractivity contribution is 5.78. The third kappa shape index (κ3) is 1.64. The molecule has 2 aliphatic rings. The lowest BCUT2D eigenvalue weighted by Crippen LogP contribution is -2.03. The van der Waals surface area contributed by atoms with Gasteiger partial charge in [0, 0.05) is 23.6 Å². The summed E-state index contributed by atoms with van der Waals surface area (Å²) >= 11 is 0. The number of fused-ring (bicyclic) bond motifs is 3. The molecule has 1 aromatic carbocycles. The van der Waals surface area contributed by atoms with Crippen LogP contribution < -0.4 is 4.74 Å². The van der Waals surface area contributed by atoms with Crippen LogP contribution in [-0.2, 0) is 17.6 Å². The first-order valence-corrected chi connectivity index (χ1v) is 5.93. The van der Waals surface area contributed by atoms with Gasteiger partial charge in [0.25, 0.3) is 5.91 Å². The first-order chi connectivity index (χ1) is 8.29. The third-order valence-corrected chi connectivity index (χ3v) is 3.71. The number of aryl methyl sites for hydroxylation is 1.